The highest BCUT2D eigenvalue weighted by atomic mass is 32.2. The number of hydrogen-bond donors (Lipinski definition) is 1. The molecule has 2 aromatic rings. The van der Waals surface area contributed by atoms with Crippen LogP contribution in [0.15, 0.2) is 34.1 Å². The van der Waals surface area contributed by atoms with E-state index in [9.17, 15) is 23.1 Å². The van der Waals surface area contributed by atoms with E-state index in [1.165, 1.54) is 28.5 Å². The first-order chi connectivity index (χ1) is 12.4. The molecule has 0 bridgehead atoms. The van der Waals surface area contributed by atoms with Crippen LogP contribution in [0.2, 0.25) is 0 Å². The van der Waals surface area contributed by atoms with Gasteiger partial charge < -0.3 is 5.11 Å². The Bertz CT molecular complexity index is 832. The first-order valence-corrected chi connectivity index (χ1v) is 9.41. The molecule has 1 aromatic carbocycles. The van der Waals surface area contributed by atoms with Crippen LogP contribution in [0.5, 0.6) is 0 Å². The van der Waals surface area contributed by atoms with Gasteiger partial charge in [0.2, 0.25) is 0 Å². The molecule has 8 heteroatoms. The van der Waals surface area contributed by atoms with Gasteiger partial charge in [-0.3, -0.25) is 4.57 Å². The zero-order valence-corrected chi connectivity index (χ0v) is 14.9. The lowest BCUT2D eigenvalue weighted by Gasteiger charge is -2.22. The Hall–Kier alpha value is -1.80. The Balaban J connectivity index is 1.82. The number of rotatable bonds is 5. The molecule has 0 saturated carbocycles. The minimum Gasteiger partial charge on any atom is -0.395 e. The van der Waals surface area contributed by atoms with E-state index in [-0.39, 0.29) is 18.8 Å². The van der Waals surface area contributed by atoms with Crippen LogP contribution in [0, 0.1) is 0 Å². The largest absolute Gasteiger partial charge is 0.416 e. The predicted molar refractivity (Wildman–Crippen MR) is 93.2 cm³/mol. The fraction of sp³-hybridized carbons (Fsp3) is 0.444. The van der Waals surface area contributed by atoms with E-state index in [0.717, 1.165) is 54.6 Å². The van der Waals surface area contributed by atoms with Crippen molar-refractivity contribution in [3.05, 3.63) is 57.1 Å². The van der Waals surface area contributed by atoms with Gasteiger partial charge in [0, 0.05) is 17.0 Å². The molecule has 0 atom stereocenters. The molecule has 1 N–H and O–H groups in total. The summed E-state index contributed by atoms with van der Waals surface area (Å²) in [6, 6.07) is 5.04. The Morgan fingerprint density at radius 1 is 1.15 bits per heavy atom. The van der Waals surface area contributed by atoms with E-state index in [4.69, 9.17) is 0 Å². The average Bonchev–Trinajstić information content (AvgIpc) is 2.62. The number of aliphatic hydroxyl groups is 1. The van der Waals surface area contributed by atoms with E-state index < -0.39 is 11.7 Å². The summed E-state index contributed by atoms with van der Waals surface area (Å²) >= 11 is 1.37. The summed E-state index contributed by atoms with van der Waals surface area (Å²) in [5.41, 5.74) is 1.65. The van der Waals surface area contributed by atoms with Crippen molar-refractivity contribution in [2.24, 2.45) is 0 Å². The molecule has 4 nitrogen and oxygen atoms in total. The number of fused-ring (bicyclic) bond motifs is 1. The highest BCUT2D eigenvalue weighted by Crippen LogP contribution is 2.32. The third kappa shape index (κ3) is 4.12. The lowest BCUT2D eigenvalue weighted by atomic mass is 9.97. The molecule has 0 amide bonds. The van der Waals surface area contributed by atoms with Gasteiger partial charge >= 0.3 is 11.9 Å². The molecular formula is C18H19F3N2O2S. The summed E-state index contributed by atoms with van der Waals surface area (Å²) in [6.45, 7) is 0.115. The van der Waals surface area contributed by atoms with Crippen LogP contribution in [0.3, 0.4) is 0 Å². The second-order valence-corrected chi connectivity index (χ2v) is 7.15. The highest BCUT2D eigenvalue weighted by molar-refractivity contribution is 7.98. The molecule has 1 aliphatic carbocycles. The summed E-state index contributed by atoms with van der Waals surface area (Å²) < 4.78 is 39.4. The van der Waals surface area contributed by atoms with Crippen molar-refractivity contribution in [3.63, 3.8) is 0 Å². The second-order valence-electron chi connectivity index (χ2n) is 6.19. The van der Waals surface area contributed by atoms with Crippen molar-refractivity contribution in [1.29, 1.82) is 0 Å². The minimum atomic E-state index is -4.34. The molecule has 0 saturated heterocycles. The summed E-state index contributed by atoms with van der Waals surface area (Å²) in [7, 11) is 0. The number of nitrogens with zero attached hydrogens (tertiary/aromatic N) is 2. The molecular weight excluding hydrogens is 365 g/mol. The van der Waals surface area contributed by atoms with Crippen molar-refractivity contribution < 1.29 is 18.3 Å². The maximum absolute atomic E-state index is 12.6. The fourth-order valence-corrected chi connectivity index (χ4v) is 4.17. The van der Waals surface area contributed by atoms with E-state index >= 15 is 0 Å². The van der Waals surface area contributed by atoms with Crippen LogP contribution in [-0.2, 0) is 31.3 Å². The lowest BCUT2D eigenvalue weighted by molar-refractivity contribution is -0.137. The monoisotopic (exact) mass is 384 g/mol. The van der Waals surface area contributed by atoms with Crippen molar-refractivity contribution in [1.82, 2.24) is 9.55 Å². The van der Waals surface area contributed by atoms with Gasteiger partial charge in [-0.1, -0.05) is 12.1 Å². The Morgan fingerprint density at radius 3 is 2.50 bits per heavy atom. The lowest BCUT2D eigenvalue weighted by Crippen LogP contribution is -2.31. The standard InChI is InChI=1S/C18H19F3N2O2S/c19-18(20,21)13-7-5-12(6-8-13)11-26-16-14-3-1-2-4-15(14)23(9-10-24)17(25)22-16/h5-8,24H,1-4,9-11H2. The number of benzene rings is 1. The summed E-state index contributed by atoms with van der Waals surface area (Å²) in [5.74, 6) is 0.445. The third-order valence-corrected chi connectivity index (χ3v) is 5.52. The normalized spacial score (nSPS) is 14.3. The van der Waals surface area contributed by atoms with Crippen molar-refractivity contribution in [3.8, 4) is 0 Å². The van der Waals surface area contributed by atoms with Gasteiger partial charge in [0.1, 0.15) is 5.03 Å². The van der Waals surface area contributed by atoms with Crippen LogP contribution in [-0.4, -0.2) is 21.3 Å². The molecule has 1 aliphatic rings. The summed E-state index contributed by atoms with van der Waals surface area (Å²) in [4.78, 5) is 16.4. The molecule has 1 heterocycles. The molecule has 0 fully saturated rings. The molecule has 26 heavy (non-hydrogen) atoms. The van der Waals surface area contributed by atoms with E-state index in [1.54, 1.807) is 0 Å². The van der Waals surface area contributed by atoms with E-state index in [1.807, 2.05) is 0 Å². The van der Waals surface area contributed by atoms with Gasteiger partial charge in [0.25, 0.3) is 0 Å². The summed E-state index contributed by atoms with van der Waals surface area (Å²) in [6.07, 6.45) is -0.738. The number of aliphatic hydroxyl groups excluding tert-OH is 1. The van der Waals surface area contributed by atoms with Crippen LogP contribution >= 0.6 is 11.8 Å². The van der Waals surface area contributed by atoms with Crippen LogP contribution in [0.1, 0.15) is 35.2 Å². The number of aromatic nitrogens is 2. The van der Waals surface area contributed by atoms with Gasteiger partial charge in [0.05, 0.1) is 18.7 Å². The number of halogens is 3. The van der Waals surface area contributed by atoms with Crippen molar-refractivity contribution in [2.75, 3.05) is 6.61 Å². The minimum absolute atomic E-state index is 0.119. The van der Waals surface area contributed by atoms with Gasteiger partial charge in [-0.05, 0) is 43.4 Å². The molecule has 0 spiro atoms. The quantitative estimate of drug-likeness (QED) is 0.634. The first-order valence-electron chi connectivity index (χ1n) is 8.42. The van der Waals surface area contributed by atoms with E-state index in [2.05, 4.69) is 4.98 Å². The maximum Gasteiger partial charge on any atom is 0.416 e. The smallest absolute Gasteiger partial charge is 0.395 e. The van der Waals surface area contributed by atoms with Gasteiger partial charge in [0.15, 0.2) is 0 Å². The average molecular weight is 384 g/mol. The Morgan fingerprint density at radius 2 is 1.85 bits per heavy atom. The second kappa shape index (κ2) is 7.84. The zero-order valence-electron chi connectivity index (χ0n) is 14.1. The fourth-order valence-electron chi connectivity index (χ4n) is 3.14. The van der Waals surface area contributed by atoms with E-state index in [0.29, 0.717) is 10.8 Å². The molecule has 1 aromatic heterocycles. The topological polar surface area (TPSA) is 55.1 Å². The van der Waals surface area contributed by atoms with Crippen LogP contribution in [0.4, 0.5) is 13.2 Å². The van der Waals surface area contributed by atoms with Gasteiger partial charge in [-0.15, -0.1) is 11.8 Å². The number of thioether (sulfide) groups is 1. The highest BCUT2D eigenvalue weighted by Gasteiger charge is 2.30. The molecule has 0 aliphatic heterocycles. The Labute approximate surface area is 153 Å². The number of alkyl halides is 3. The third-order valence-electron chi connectivity index (χ3n) is 4.43. The maximum atomic E-state index is 12.6. The van der Waals surface area contributed by atoms with Crippen LogP contribution < -0.4 is 5.69 Å². The number of hydrogen-bond acceptors (Lipinski definition) is 4. The predicted octanol–water partition coefficient (Wildman–Crippen LogP) is 3.43. The Kier molecular flexibility index (Phi) is 5.72. The van der Waals surface area contributed by atoms with Gasteiger partial charge in [-0.25, -0.2) is 4.79 Å². The van der Waals surface area contributed by atoms with Gasteiger partial charge in [-0.2, -0.15) is 18.2 Å². The molecule has 140 valence electrons. The van der Waals surface area contributed by atoms with Crippen molar-refractivity contribution in [2.45, 2.75) is 49.2 Å². The molecule has 0 unspecified atom stereocenters. The first kappa shape index (κ1) is 19.0. The van der Waals surface area contributed by atoms with Crippen LogP contribution in [0.25, 0.3) is 0 Å². The zero-order chi connectivity index (χ0) is 18.7. The SMILES string of the molecule is O=c1nc(SCc2ccc(C(F)(F)F)cc2)c2c(n1CCO)CCCC2. The summed E-state index contributed by atoms with van der Waals surface area (Å²) in [5, 5.41) is 9.83. The molecule has 0 radical (unpaired) electrons. The molecule has 3 rings (SSSR count). The van der Waals surface area contributed by atoms with Crippen molar-refractivity contribution >= 4 is 11.8 Å².